The van der Waals surface area contributed by atoms with Crippen LogP contribution in [0.2, 0.25) is 5.02 Å². The molecule has 4 rings (SSSR count). The lowest BCUT2D eigenvalue weighted by atomic mass is 10.1. The Morgan fingerprint density at radius 2 is 1.90 bits per heavy atom. The molecule has 2 aromatic heterocycles. The minimum Gasteiger partial charge on any atom is -0.334 e. The number of carbonyl (C=O) groups is 1. The molecule has 1 amide bonds. The van der Waals surface area contributed by atoms with E-state index in [1.54, 1.807) is 40.6 Å². The number of hydroxylamine groups is 1. The Kier molecular flexibility index (Phi) is 5.65. The Balaban J connectivity index is 1.59. The summed E-state index contributed by atoms with van der Waals surface area (Å²) in [6, 6.07) is 6.95. The topological polar surface area (TPSA) is 89.3 Å². The number of carbonyl (C=O) groups excluding carboxylic acids is 1. The number of nitrogens with zero attached hydrogens (tertiary/aromatic N) is 7. The van der Waals surface area contributed by atoms with Crippen molar-refractivity contribution in [1.82, 2.24) is 29.9 Å². The minimum atomic E-state index is -0.217. The maximum atomic E-state index is 13.4. The molecule has 0 bridgehead atoms. The molecule has 1 aliphatic rings. The number of benzene rings is 1. The van der Waals surface area contributed by atoms with Gasteiger partial charge in [0.05, 0.1) is 30.2 Å². The third-order valence-electron chi connectivity index (χ3n) is 4.68. The number of aromatic nitrogens is 5. The van der Waals surface area contributed by atoms with Crippen LogP contribution in [0.25, 0.3) is 5.69 Å². The van der Waals surface area contributed by atoms with E-state index >= 15 is 0 Å². The predicted molar refractivity (Wildman–Crippen MR) is 112 cm³/mol. The fourth-order valence-corrected chi connectivity index (χ4v) is 3.62. The molecule has 1 saturated heterocycles. The van der Waals surface area contributed by atoms with Gasteiger partial charge in [0.15, 0.2) is 5.82 Å². The Hall–Kier alpha value is -3.04. The van der Waals surface area contributed by atoms with Crippen LogP contribution in [0, 0.1) is 13.8 Å². The van der Waals surface area contributed by atoms with Crippen LogP contribution in [-0.4, -0.2) is 61.5 Å². The number of rotatable bonds is 3. The quantitative estimate of drug-likeness (QED) is 0.634. The van der Waals surface area contributed by atoms with Gasteiger partial charge in [-0.15, -0.1) is 0 Å². The van der Waals surface area contributed by atoms with Gasteiger partial charge in [-0.2, -0.15) is 15.0 Å². The second-order valence-corrected chi connectivity index (χ2v) is 7.60. The summed E-state index contributed by atoms with van der Waals surface area (Å²) in [5, 5.41) is 10.5. The van der Waals surface area contributed by atoms with E-state index in [4.69, 9.17) is 16.4 Å². The van der Waals surface area contributed by atoms with Crippen molar-refractivity contribution in [3.05, 3.63) is 58.8 Å². The average molecular weight is 428 g/mol. The van der Waals surface area contributed by atoms with E-state index in [1.165, 1.54) is 4.80 Å². The third kappa shape index (κ3) is 4.27. The molecule has 0 saturated carbocycles. The number of aryl methyl sites for hydroxylation is 2. The van der Waals surface area contributed by atoms with Crippen LogP contribution in [0.3, 0.4) is 0 Å². The number of anilines is 1. The predicted octanol–water partition coefficient (Wildman–Crippen LogP) is 2.61. The van der Waals surface area contributed by atoms with Crippen LogP contribution >= 0.6 is 11.6 Å². The van der Waals surface area contributed by atoms with Gasteiger partial charge in [-0.05, 0) is 39.0 Å². The van der Waals surface area contributed by atoms with Crippen molar-refractivity contribution in [1.29, 1.82) is 0 Å². The van der Waals surface area contributed by atoms with Crippen LogP contribution in [-0.2, 0) is 4.84 Å². The summed E-state index contributed by atoms with van der Waals surface area (Å²) in [6.07, 6.45) is 2.90. The van der Waals surface area contributed by atoms with Crippen molar-refractivity contribution >= 4 is 23.3 Å². The normalized spacial score (nSPS) is 17.1. The highest BCUT2D eigenvalue weighted by Gasteiger charge is 2.28. The summed E-state index contributed by atoms with van der Waals surface area (Å²) in [4.78, 5) is 31.4. The number of amides is 1. The lowest BCUT2D eigenvalue weighted by molar-refractivity contribution is 0.0422. The molecule has 0 spiro atoms. The highest BCUT2D eigenvalue weighted by molar-refractivity contribution is 6.31. The Morgan fingerprint density at radius 1 is 1.13 bits per heavy atom. The van der Waals surface area contributed by atoms with Gasteiger partial charge in [0.2, 0.25) is 0 Å². The lowest BCUT2D eigenvalue weighted by Gasteiger charge is -2.22. The first kappa shape index (κ1) is 20.2. The Bertz CT molecular complexity index is 1040. The van der Waals surface area contributed by atoms with E-state index in [1.807, 2.05) is 26.8 Å². The zero-order valence-corrected chi connectivity index (χ0v) is 17.7. The summed E-state index contributed by atoms with van der Waals surface area (Å²) in [7, 11) is 0. The van der Waals surface area contributed by atoms with E-state index < -0.39 is 0 Å². The molecule has 3 aromatic rings. The summed E-state index contributed by atoms with van der Waals surface area (Å²) >= 11 is 6.15. The monoisotopic (exact) mass is 427 g/mol. The van der Waals surface area contributed by atoms with Crippen molar-refractivity contribution < 1.29 is 9.63 Å². The van der Waals surface area contributed by atoms with E-state index in [9.17, 15) is 4.79 Å². The molecular weight excluding hydrogens is 406 g/mol. The van der Waals surface area contributed by atoms with Gasteiger partial charge in [-0.3, -0.25) is 9.63 Å². The summed E-state index contributed by atoms with van der Waals surface area (Å²) in [6.45, 7) is 7.08. The van der Waals surface area contributed by atoms with Crippen LogP contribution < -0.4 is 5.06 Å². The van der Waals surface area contributed by atoms with Crippen molar-refractivity contribution in [3.8, 4) is 5.69 Å². The molecule has 156 valence electrons. The fraction of sp³-hybridized carbons (Fsp3) is 0.350. The first-order valence-corrected chi connectivity index (χ1v) is 10.0. The molecule has 0 N–H and O–H groups in total. The minimum absolute atomic E-state index is 0.133. The van der Waals surface area contributed by atoms with Crippen molar-refractivity contribution in [2.45, 2.75) is 26.9 Å². The average Bonchev–Trinajstić information content (AvgIpc) is 3.16. The van der Waals surface area contributed by atoms with Crippen molar-refractivity contribution in [2.75, 3.05) is 24.7 Å². The molecule has 0 unspecified atom stereocenters. The first-order valence-electron chi connectivity index (χ1n) is 9.63. The zero-order chi connectivity index (χ0) is 21.3. The van der Waals surface area contributed by atoms with E-state index in [2.05, 4.69) is 20.2 Å². The van der Waals surface area contributed by atoms with E-state index in [-0.39, 0.29) is 12.0 Å². The van der Waals surface area contributed by atoms with Crippen LogP contribution in [0.1, 0.15) is 28.8 Å². The molecule has 3 heterocycles. The number of hydrogen-bond acceptors (Lipinski definition) is 7. The maximum absolute atomic E-state index is 13.4. The van der Waals surface area contributed by atoms with Crippen molar-refractivity contribution in [2.24, 2.45) is 0 Å². The van der Waals surface area contributed by atoms with Gasteiger partial charge >= 0.3 is 0 Å². The molecule has 1 fully saturated rings. The number of halogens is 1. The number of hydrogen-bond donors (Lipinski definition) is 0. The van der Waals surface area contributed by atoms with Crippen LogP contribution in [0.4, 0.5) is 5.82 Å². The molecule has 0 radical (unpaired) electrons. The van der Waals surface area contributed by atoms with Gasteiger partial charge in [-0.25, -0.2) is 15.0 Å². The zero-order valence-electron chi connectivity index (χ0n) is 17.0. The van der Waals surface area contributed by atoms with Gasteiger partial charge in [0, 0.05) is 29.9 Å². The second kappa shape index (κ2) is 8.37. The largest absolute Gasteiger partial charge is 0.334 e. The van der Waals surface area contributed by atoms with Crippen LogP contribution in [0.15, 0.2) is 36.7 Å². The molecule has 1 aliphatic heterocycles. The highest BCUT2D eigenvalue weighted by Crippen LogP contribution is 2.23. The summed E-state index contributed by atoms with van der Waals surface area (Å²) in [5.74, 6) is 1.23. The Labute approximate surface area is 179 Å². The first-order chi connectivity index (χ1) is 14.4. The highest BCUT2D eigenvalue weighted by atomic mass is 35.5. The van der Waals surface area contributed by atoms with Gasteiger partial charge in [-0.1, -0.05) is 11.6 Å². The second-order valence-electron chi connectivity index (χ2n) is 7.16. The standard InChI is InChI=1S/C20H22ClN7O2/c1-13-10-19(25-15(3)24-13)27-9-8-26(12-14(2)30-27)20(29)17-5-4-16(21)11-18(17)28-22-6-7-23-28/h4-7,10-11,14H,8-9,12H2,1-3H3/t14-/m0/s1. The van der Waals surface area contributed by atoms with Crippen molar-refractivity contribution in [3.63, 3.8) is 0 Å². The molecule has 0 aliphatic carbocycles. The molecule has 1 aromatic carbocycles. The van der Waals surface area contributed by atoms with E-state index in [0.717, 1.165) is 5.69 Å². The maximum Gasteiger partial charge on any atom is 0.256 e. The van der Waals surface area contributed by atoms with E-state index in [0.29, 0.717) is 47.6 Å². The third-order valence-corrected chi connectivity index (χ3v) is 4.91. The molecule has 9 nitrogen and oxygen atoms in total. The lowest BCUT2D eigenvalue weighted by Crippen LogP contribution is -2.37. The SMILES string of the molecule is Cc1cc(N2CCN(C(=O)c3ccc(Cl)cc3-n3nccn3)C[C@H](C)O2)nc(C)n1. The smallest absolute Gasteiger partial charge is 0.256 e. The molecular formula is C20H22ClN7O2. The van der Waals surface area contributed by atoms with Gasteiger partial charge < -0.3 is 4.90 Å². The summed E-state index contributed by atoms with van der Waals surface area (Å²) < 4.78 is 0. The van der Waals surface area contributed by atoms with Crippen LogP contribution in [0.5, 0.6) is 0 Å². The molecule has 1 atom stereocenters. The fourth-order valence-electron chi connectivity index (χ4n) is 3.46. The Morgan fingerprint density at radius 3 is 2.63 bits per heavy atom. The molecule has 30 heavy (non-hydrogen) atoms. The molecule has 10 heteroatoms. The summed E-state index contributed by atoms with van der Waals surface area (Å²) in [5.41, 5.74) is 1.88. The van der Waals surface area contributed by atoms with Gasteiger partial charge in [0.1, 0.15) is 11.9 Å². The van der Waals surface area contributed by atoms with Gasteiger partial charge in [0.25, 0.3) is 5.91 Å².